The van der Waals surface area contributed by atoms with Gasteiger partial charge in [-0.1, -0.05) is 0 Å². The number of thiazole rings is 1. The number of anilines is 2. The zero-order valence-corrected chi connectivity index (χ0v) is 11.4. The van der Waals surface area contributed by atoms with E-state index < -0.39 is 0 Å². The minimum Gasteiger partial charge on any atom is -0.399 e. The molecule has 0 saturated heterocycles. The Morgan fingerprint density at radius 1 is 1.28 bits per heavy atom. The van der Waals surface area contributed by atoms with Gasteiger partial charge >= 0.3 is 0 Å². The van der Waals surface area contributed by atoms with E-state index in [2.05, 4.69) is 10.3 Å². The lowest BCUT2D eigenvalue weighted by atomic mass is 10.1. The number of aryl methyl sites for hydroxylation is 3. The first-order chi connectivity index (χ1) is 8.49. The molecule has 1 aromatic heterocycles. The molecule has 0 aliphatic rings. The number of aromatic nitrogens is 1. The summed E-state index contributed by atoms with van der Waals surface area (Å²) in [5, 5.41) is 2.90. The standard InChI is InChI=1S/C13H15N3OS/c1-7-5-11(8(2)4-10(7)14)16-13(17)12-9(3)15-6-18-12/h4-6H,14H2,1-3H3,(H,16,17). The second-order valence-electron chi connectivity index (χ2n) is 4.24. The molecule has 5 heteroatoms. The highest BCUT2D eigenvalue weighted by Gasteiger charge is 2.13. The van der Waals surface area contributed by atoms with Crippen molar-refractivity contribution in [2.45, 2.75) is 20.8 Å². The lowest BCUT2D eigenvalue weighted by Gasteiger charge is -2.10. The van der Waals surface area contributed by atoms with E-state index >= 15 is 0 Å². The Bertz CT molecular complexity index is 604. The quantitative estimate of drug-likeness (QED) is 0.817. The van der Waals surface area contributed by atoms with Crippen molar-refractivity contribution in [3.8, 4) is 0 Å². The number of hydrogen-bond acceptors (Lipinski definition) is 4. The van der Waals surface area contributed by atoms with Crippen molar-refractivity contribution in [3.63, 3.8) is 0 Å². The number of rotatable bonds is 2. The van der Waals surface area contributed by atoms with Gasteiger partial charge in [-0.25, -0.2) is 4.98 Å². The molecular formula is C13H15N3OS. The van der Waals surface area contributed by atoms with Gasteiger partial charge in [0.2, 0.25) is 0 Å². The fourth-order valence-electron chi connectivity index (χ4n) is 1.67. The van der Waals surface area contributed by atoms with Crippen LogP contribution in [-0.2, 0) is 0 Å². The molecule has 0 unspecified atom stereocenters. The molecule has 0 radical (unpaired) electrons. The van der Waals surface area contributed by atoms with Crippen LogP contribution in [0.25, 0.3) is 0 Å². The first kappa shape index (κ1) is 12.6. The molecule has 94 valence electrons. The number of nitrogens with one attached hydrogen (secondary N) is 1. The first-order valence-electron chi connectivity index (χ1n) is 5.57. The largest absolute Gasteiger partial charge is 0.399 e. The molecular weight excluding hydrogens is 246 g/mol. The van der Waals surface area contributed by atoms with Gasteiger partial charge in [-0.15, -0.1) is 11.3 Å². The Labute approximate surface area is 110 Å². The molecule has 1 amide bonds. The molecule has 0 aliphatic heterocycles. The van der Waals surface area contributed by atoms with Gasteiger partial charge in [0.15, 0.2) is 0 Å². The number of benzene rings is 1. The second-order valence-corrected chi connectivity index (χ2v) is 5.10. The molecule has 3 N–H and O–H groups in total. The molecule has 0 bridgehead atoms. The number of carbonyl (C=O) groups is 1. The number of nitrogens with zero attached hydrogens (tertiary/aromatic N) is 1. The van der Waals surface area contributed by atoms with Crippen molar-refractivity contribution >= 4 is 28.6 Å². The van der Waals surface area contributed by atoms with E-state index in [9.17, 15) is 4.79 Å². The second kappa shape index (κ2) is 4.78. The van der Waals surface area contributed by atoms with E-state index in [0.717, 1.165) is 28.2 Å². The summed E-state index contributed by atoms with van der Waals surface area (Å²) in [5.74, 6) is -0.123. The summed E-state index contributed by atoms with van der Waals surface area (Å²) in [5.41, 5.74) is 11.7. The Morgan fingerprint density at radius 2 is 2.00 bits per heavy atom. The Balaban J connectivity index is 2.28. The summed E-state index contributed by atoms with van der Waals surface area (Å²) in [7, 11) is 0. The lowest BCUT2D eigenvalue weighted by Crippen LogP contribution is -2.13. The molecule has 4 nitrogen and oxygen atoms in total. The van der Waals surface area contributed by atoms with Crippen LogP contribution in [0.4, 0.5) is 11.4 Å². The molecule has 0 fully saturated rings. The summed E-state index contributed by atoms with van der Waals surface area (Å²) in [6.07, 6.45) is 0. The molecule has 0 atom stereocenters. The molecule has 0 aliphatic carbocycles. The molecule has 18 heavy (non-hydrogen) atoms. The van der Waals surface area contributed by atoms with Gasteiger partial charge in [-0.2, -0.15) is 0 Å². The normalized spacial score (nSPS) is 10.4. The van der Waals surface area contributed by atoms with Gasteiger partial charge in [0.25, 0.3) is 5.91 Å². The molecule has 1 aromatic carbocycles. The molecule has 2 aromatic rings. The van der Waals surface area contributed by atoms with Crippen LogP contribution in [0.2, 0.25) is 0 Å². The van der Waals surface area contributed by atoms with Gasteiger partial charge in [0.1, 0.15) is 4.88 Å². The van der Waals surface area contributed by atoms with Crippen LogP contribution in [0.1, 0.15) is 26.5 Å². The van der Waals surface area contributed by atoms with Crippen molar-refractivity contribution in [3.05, 3.63) is 39.3 Å². The van der Waals surface area contributed by atoms with E-state index in [0.29, 0.717) is 4.88 Å². The van der Waals surface area contributed by atoms with Crippen molar-refractivity contribution in [2.75, 3.05) is 11.1 Å². The monoisotopic (exact) mass is 261 g/mol. The summed E-state index contributed by atoms with van der Waals surface area (Å²) in [4.78, 5) is 16.8. The molecule has 0 saturated carbocycles. The topological polar surface area (TPSA) is 68.0 Å². The average molecular weight is 261 g/mol. The number of amides is 1. The summed E-state index contributed by atoms with van der Waals surface area (Å²) >= 11 is 1.34. The highest BCUT2D eigenvalue weighted by Crippen LogP contribution is 2.23. The highest BCUT2D eigenvalue weighted by atomic mass is 32.1. The zero-order chi connectivity index (χ0) is 13.3. The summed E-state index contributed by atoms with van der Waals surface area (Å²) in [6, 6.07) is 3.75. The molecule has 1 heterocycles. The zero-order valence-electron chi connectivity index (χ0n) is 10.6. The van der Waals surface area contributed by atoms with Crippen molar-refractivity contribution in [1.82, 2.24) is 4.98 Å². The van der Waals surface area contributed by atoms with Crippen LogP contribution in [-0.4, -0.2) is 10.9 Å². The lowest BCUT2D eigenvalue weighted by molar-refractivity contribution is 0.102. The minimum absolute atomic E-state index is 0.123. The SMILES string of the molecule is Cc1cc(NC(=O)c2scnc2C)c(C)cc1N. The first-order valence-corrected chi connectivity index (χ1v) is 6.45. The van der Waals surface area contributed by atoms with Crippen LogP contribution >= 0.6 is 11.3 Å². The number of hydrogen-bond donors (Lipinski definition) is 2. The Hall–Kier alpha value is -1.88. The van der Waals surface area contributed by atoms with E-state index in [4.69, 9.17) is 5.73 Å². The fraction of sp³-hybridized carbons (Fsp3) is 0.231. The summed E-state index contributed by atoms with van der Waals surface area (Å²) in [6.45, 7) is 5.67. The predicted octanol–water partition coefficient (Wildman–Crippen LogP) is 2.90. The van der Waals surface area contributed by atoms with Crippen molar-refractivity contribution < 1.29 is 4.79 Å². The van der Waals surface area contributed by atoms with Gasteiger partial charge in [-0.3, -0.25) is 4.79 Å². The van der Waals surface area contributed by atoms with Crippen LogP contribution in [0.5, 0.6) is 0 Å². The van der Waals surface area contributed by atoms with Crippen molar-refractivity contribution in [2.24, 2.45) is 0 Å². The van der Waals surface area contributed by atoms with Crippen LogP contribution in [0.3, 0.4) is 0 Å². The van der Waals surface area contributed by atoms with E-state index in [-0.39, 0.29) is 5.91 Å². The third kappa shape index (κ3) is 2.36. The van der Waals surface area contributed by atoms with Gasteiger partial charge in [-0.05, 0) is 44.0 Å². The molecule has 0 spiro atoms. The number of nitrogen functional groups attached to an aromatic ring is 1. The smallest absolute Gasteiger partial charge is 0.267 e. The van der Waals surface area contributed by atoms with Gasteiger partial charge < -0.3 is 11.1 Å². The maximum absolute atomic E-state index is 12.1. The number of nitrogens with two attached hydrogens (primary N) is 1. The maximum atomic E-state index is 12.1. The van der Waals surface area contributed by atoms with Gasteiger partial charge in [0, 0.05) is 11.4 Å². The maximum Gasteiger partial charge on any atom is 0.267 e. The van der Waals surface area contributed by atoms with Crippen LogP contribution in [0, 0.1) is 20.8 Å². The molecule has 2 rings (SSSR count). The van der Waals surface area contributed by atoms with E-state index in [1.54, 1.807) is 5.51 Å². The van der Waals surface area contributed by atoms with Crippen molar-refractivity contribution in [1.29, 1.82) is 0 Å². The minimum atomic E-state index is -0.123. The predicted molar refractivity (Wildman–Crippen MR) is 75.1 cm³/mol. The highest BCUT2D eigenvalue weighted by molar-refractivity contribution is 7.12. The third-order valence-electron chi connectivity index (χ3n) is 2.81. The van der Waals surface area contributed by atoms with E-state index in [1.807, 2.05) is 32.9 Å². The fourth-order valence-corrected chi connectivity index (χ4v) is 2.37. The van der Waals surface area contributed by atoms with Crippen LogP contribution < -0.4 is 11.1 Å². The van der Waals surface area contributed by atoms with Gasteiger partial charge in [0.05, 0.1) is 11.2 Å². The Kier molecular flexibility index (Phi) is 3.34. The van der Waals surface area contributed by atoms with E-state index in [1.165, 1.54) is 11.3 Å². The summed E-state index contributed by atoms with van der Waals surface area (Å²) < 4.78 is 0. The van der Waals surface area contributed by atoms with Crippen LogP contribution in [0.15, 0.2) is 17.6 Å². The Morgan fingerprint density at radius 3 is 2.61 bits per heavy atom. The third-order valence-corrected chi connectivity index (χ3v) is 3.74. The number of carbonyl (C=O) groups excluding carboxylic acids is 1. The average Bonchev–Trinajstić information content (AvgIpc) is 2.72.